The van der Waals surface area contributed by atoms with Crippen LogP contribution in [0.1, 0.15) is 104 Å². The van der Waals surface area contributed by atoms with Gasteiger partial charge in [0.25, 0.3) is 29.5 Å². The third-order valence-corrected chi connectivity index (χ3v) is 33.0. The normalized spacial score (nSPS) is 15.1. The van der Waals surface area contributed by atoms with Crippen molar-refractivity contribution >= 4 is 62.6 Å². The number of hydrogen-bond donors (Lipinski definition) is 8. The molecule has 0 spiro atoms. The number of nitrogens with zero attached hydrogens (tertiary/aromatic N) is 16. The summed E-state index contributed by atoms with van der Waals surface area (Å²) in [7, 11) is -13.5. The van der Waals surface area contributed by atoms with Gasteiger partial charge in [0.05, 0.1) is 114 Å². The highest BCUT2D eigenvalue weighted by atomic mass is 32.2. The quantitative estimate of drug-likeness (QED) is 0.0189. The Bertz CT molecular complexity index is 7550. The summed E-state index contributed by atoms with van der Waals surface area (Å²) in [4.78, 5) is 36.0. The maximum atomic E-state index is 14.9. The van der Waals surface area contributed by atoms with E-state index in [0.717, 1.165) is 98.8 Å². The molecule has 0 unspecified atom stereocenters. The van der Waals surface area contributed by atoms with Crippen LogP contribution in [0.2, 0.25) is 0 Å². The van der Waals surface area contributed by atoms with E-state index in [1.54, 1.807) is 152 Å². The second-order valence-electron chi connectivity index (χ2n) is 36.2. The molecule has 11 heterocycles. The SMILES string of the molecule is CC(C)S(=O)(=O)c1ccc(-c2cnc(N)c(-c3nnc(-c4ccc(CNC[C@@H](C)F)cc4)o3)n2)cc1.CC(C)S(=O)(=O)c1ccc(-c2cnc(N)c(-c3nnc(-c4ccc(CN[C@@H]5CCOC5)cc4)o3)n2)cc1.CC(C)S(=O)(=O)c1ccc(-c2cnc(N)c(-c3nnc(-c4ccc(CN[C@@H]5CCOC5)cc4F)o3)n2)cc1.CC(C)S(=O)(=O)c1ccc(-c2cnc(N)c(-c3nnc(-c4ccc(CN[C@H]5CCOC5)cc4)o3)n2)cc1. The van der Waals surface area contributed by atoms with Gasteiger partial charge < -0.3 is 76.1 Å². The lowest BCUT2D eigenvalue weighted by molar-refractivity contribution is 0.189. The van der Waals surface area contributed by atoms with Crippen LogP contribution in [0.4, 0.5) is 32.1 Å². The number of ether oxygens (including phenoxy) is 3. The highest BCUT2D eigenvalue weighted by Crippen LogP contribution is 2.37. The van der Waals surface area contributed by atoms with Gasteiger partial charge in [0.2, 0.25) is 17.7 Å². The summed E-state index contributed by atoms with van der Waals surface area (Å²) in [6, 6.07) is 54.9. The molecule has 8 aromatic heterocycles. The summed E-state index contributed by atoms with van der Waals surface area (Å²) in [5, 5.41) is 44.1. The maximum absolute atomic E-state index is 14.9. The maximum Gasteiger partial charge on any atom is 0.270 e. The first-order valence-electron chi connectivity index (χ1n) is 47.6. The molecular formula is C103H110F2N24O15S4. The van der Waals surface area contributed by atoms with Gasteiger partial charge in [-0.1, -0.05) is 91.0 Å². The minimum atomic E-state index is -3.40. The van der Waals surface area contributed by atoms with Gasteiger partial charge >= 0.3 is 0 Å². The van der Waals surface area contributed by atoms with Gasteiger partial charge in [-0.25, -0.2) is 82.3 Å². The summed E-state index contributed by atoms with van der Waals surface area (Å²) >= 11 is 0. The van der Waals surface area contributed by atoms with E-state index in [1.807, 2.05) is 72.8 Å². The standard InChI is InChI=1S/C26H27FN6O4S.2C26H28N6O4S.C25H27FN6O3S/c1-15(2)38(34,35)19-6-4-17(5-7-19)22-13-30-24(28)23(31-22)26-33-32-25(37-26)20-8-3-16(11-21(20)27)12-29-18-9-10-36-14-18;2*1-16(2)37(33,34)21-9-7-18(8-10-21)22-14-29-24(27)23(30-22)26-32-31-25(36-26)19-5-3-17(4-6-19)13-28-20-11-12-35-15-20;1-15(2)36(33,34)20-10-8-18(9-11-20)21-14-29-23(27)22(30-21)25-32-31-24(35-25)19-6-4-17(5-7-19)13-28-12-16(3)26/h3-8,11,13,15,18,29H,9-10,12,14H2,1-2H3,(H2,28,30);2*3-10,14,16,20,28H,11-13,15H2,1-2H3,(H2,27,29);4-11,14-16,28H,12-13H2,1-3H3,(H2,27,29)/t18-;2*20-;16-/m1101/s1. The van der Waals surface area contributed by atoms with Crippen molar-refractivity contribution in [1.82, 2.24) is 102 Å². The van der Waals surface area contributed by atoms with E-state index < -0.39 is 72.3 Å². The molecule has 45 heteroatoms. The van der Waals surface area contributed by atoms with Crippen LogP contribution in [0.25, 0.3) is 137 Å². The van der Waals surface area contributed by atoms with Gasteiger partial charge in [0, 0.05) is 110 Å². The zero-order chi connectivity index (χ0) is 105. The third-order valence-electron chi connectivity index (χ3n) is 24.3. The Morgan fingerprint density at radius 2 is 0.561 bits per heavy atom. The van der Waals surface area contributed by atoms with E-state index in [1.165, 1.54) is 49.9 Å². The van der Waals surface area contributed by atoms with Crippen molar-refractivity contribution < 1.29 is 74.3 Å². The van der Waals surface area contributed by atoms with Crippen molar-refractivity contribution in [3.8, 4) is 137 Å². The summed E-state index contributed by atoms with van der Waals surface area (Å²) in [6.07, 6.45) is 8.09. The first-order valence-corrected chi connectivity index (χ1v) is 53.8. The number of sulfone groups is 4. The van der Waals surface area contributed by atoms with Crippen LogP contribution in [-0.2, 0) is 79.7 Å². The summed E-state index contributed by atoms with van der Waals surface area (Å²) in [6.45, 7) is 22.0. The van der Waals surface area contributed by atoms with Crippen LogP contribution in [0.3, 0.4) is 0 Å². The molecule has 16 aromatic rings. The molecule has 0 saturated carbocycles. The summed E-state index contributed by atoms with van der Waals surface area (Å²) in [5.74, 6) is 1.32. The summed E-state index contributed by atoms with van der Waals surface area (Å²) < 4.78 is 166. The fourth-order valence-corrected chi connectivity index (χ4v) is 19.5. The molecule has 3 saturated heterocycles. The number of rotatable bonds is 33. The number of nitrogen functional groups attached to an aromatic ring is 4. The molecule has 770 valence electrons. The fourth-order valence-electron chi connectivity index (χ4n) is 15.3. The Morgan fingerprint density at radius 1 is 0.318 bits per heavy atom. The van der Waals surface area contributed by atoms with Crippen LogP contribution in [0, 0.1) is 5.82 Å². The van der Waals surface area contributed by atoms with Crippen LogP contribution >= 0.6 is 0 Å². The minimum Gasteiger partial charge on any atom is -0.414 e. The smallest absolute Gasteiger partial charge is 0.270 e. The Balaban J connectivity index is 0.000000141. The van der Waals surface area contributed by atoms with Gasteiger partial charge in [-0.2, -0.15) is 0 Å². The Kier molecular flexibility index (Phi) is 33.6. The van der Waals surface area contributed by atoms with Crippen LogP contribution in [0.15, 0.2) is 250 Å². The lowest BCUT2D eigenvalue weighted by Crippen LogP contribution is -2.28. The molecule has 0 amide bonds. The molecule has 12 N–H and O–H groups in total. The highest BCUT2D eigenvalue weighted by Gasteiger charge is 2.30. The molecule has 3 aliphatic rings. The fraction of sp³-hybridized carbons (Fsp3) is 0.301. The van der Waals surface area contributed by atoms with Crippen molar-refractivity contribution in [3.05, 3.63) is 241 Å². The Hall–Kier alpha value is -14.8. The first-order chi connectivity index (χ1) is 71.0. The Labute approximate surface area is 853 Å². The van der Waals surface area contributed by atoms with Gasteiger partial charge in [-0.3, -0.25) is 0 Å². The van der Waals surface area contributed by atoms with E-state index in [0.29, 0.717) is 94.2 Å². The van der Waals surface area contributed by atoms with Crippen molar-refractivity contribution in [2.45, 2.75) is 173 Å². The van der Waals surface area contributed by atoms with Crippen LogP contribution in [-0.4, -0.2) is 206 Å². The number of benzene rings is 8. The monoisotopic (exact) mass is 2090 g/mol. The van der Waals surface area contributed by atoms with E-state index in [-0.39, 0.29) is 119 Å². The Morgan fingerprint density at radius 3 is 0.818 bits per heavy atom. The molecule has 3 aliphatic heterocycles. The van der Waals surface area contributed by atoms with Gasteiger partial charge in [0.15, 0.2) is 85.4 Å². The molecule has 148 heavy (non-hydrogen) atoms. The molecule has 4 atom stereocenters. The average molecular weight is 2090 g/mol. The number of aromatic nitrogens is 16. The molecular weight excluding hydrogens is 1980 g/mol. The van der Waals surface area contributed by atoms with Crippen molar-refractivity contribution in [3.63, 3.8) is 0 Å². The average Bonchev–Trinajstić information content (AvgIpc) is 1.57. The van der Waals surface area contributed by atoms with Crippen molar-refractivity contribution in [2.24, 2.45) is 0 Å². The highest BCUT2D eigenvalue weighted by molar-refractivity contribution is 7.93. The molecule has 3 fully saturated rings. The van der Waals surface area contributed by atoms with E-state index in [2.05, 4.69) is 102 Å². The van der Waals surface area contributed by atoms with E-state index in [9.17, 15) is 42.5 Å². The van der Waals surface area contributed by atoms with Crippen molar-refractivity contribution in [2.75, 3.05) is 69.1 Å². The first kappa shape index (κ1) is 106. The minimum absolute atomic E-state index is 0.0165. The number of anilines is 4. The molecule has 19 rings (SSSR count). The van der Waals surface area contributed by atoms with E-state index >= 15 is 0 Å². The van der Waals surface area contributed by atoms with Gasteiger partial charge in [-0.15, -0.1) is 40.8 Å². The van der Waals surface area contributed by atoms with Gasteiger partial charge in [-0.05, 0) is 201 Å². The summed E-state index contributed by atoms with van der Waals surface area (Å²) in [5.41, 5.74) is 36.1. The number of halogens is 2. The number of alkyl halides is 1. The number of nitrogens with two attached hydrogens (primary N) is 4. The molecule has 0 aliphatic carbocycles. The largest absolute Gasteiger partial charge is 0.414 e. The second kappa shape index (κ2) is 46.9. The van der Waals surface area contributed by atoms with Crippen LogP contribution in [0.5, 0.6) is 0 Å². The molecule has 8 aromatic carbocycles. The van der Waals surface area contributed by atoms with Crippen molar-refractivity contribution in [1.29, 1.82) is 0 Å². The lowest BCUT2D eigenvalue weighted by atomic mass is 10.1. The second-order valence-corrected chi connectivity index (χ2v) is 46.2. The topological polar surface area (TPSA) is 575 Å². The lowest BCUT2D eigenvalue weighted by Gasteiger charge is -2.10. The molecule has 0 bridgehead atoms. The van der Waals surface area contributed by atoms with E-state index in [4.69, 9.17) is 54.8 Å². The predicted octanol–water partition coefficient (Wildman–Crippen LogP) is 14.7. The van der Waals surface area contributed by atoms with Crippen LogP contribution < -0.4 is 44.2 Å². The molecule has 0 radical (unpaired) electrons. The third kappa shape index (κ3) is 25.7. The predicted molar refractivity (Wildman–Crippen MR) is 552 cm³/mol. The van der Waals surface area contributed by atoms with Gasteiger partial charge in [0.1, 0.15) is 12.0 Å². The molecule has 39 nitrogen and oxygen atoms in total. The number of nitrogens with one attached hydrogen (secondary N) is 4. The zero-order valence-electron chi connectivity index (χ0n) is 82.2. The zero-order valence-corrected chi connectivity index (χ0v) is 85.5. The number of hydrogen-bond acceptors (Lipinski definition) is 39.